The summed E-state index contributed by atoms with van der Waals surface area (Å²) >= 11 is 0. The zero-order valence-corrected chi connectivity index (χ0v) is 16.7. The van der Waals surface area contributed by atoms with Gasteiger partial charge >= 0.3 is 6.03 Å². The molecule has 29 heavy (non-hydrogen) atoms. The van der Waals surface area contributed by atoms with Gasteiger partial charge in [0.15, 0.2) is 0 Å². The standard InChI is InChI=1S/C21H24N4O4/c1-24(2)16-8-5-14(6-9-16)22-21(28)23-15-7-10-17-18(13-15)20(27)25(19(17)26)11-4-12-29-3/h5-10,13H,4,11-12H2,1-3H3,(H2,22,23,28). The number of fused-ring (bicyclic) bond motifs is 1. The molecule has 3 rings (SSSR count). The average Bonchev–Trinajstić information content (AvgIpc) is 2.93. The smallest absolute Gasteiger partial charge is 0.323 e. The van der Waals surface area contributed by atoms with E-state index in [9.17, 15) is 14.4 Å². The lowest BCUT2D eigenvalue weighted by atomic mass is 10.1. The van der Waals surface area contributed by atoms with Crippen molar-refractivity contribution in [3.05, 3.63) is 53.6 Å². The van der Waals surface area contributed by atoms with E-state index < -0.39 is 6.03 Å². The highest BCUT2D eigenvalue weighted by atomic mass is 16.5. The predicted octanol–water partition coefficient (Wildman–Crippen LogP) is 3.03. The molecule has 0 fully saturated rings. The van der Waals surface area contributed by atoms with E-state index in [1.54, 1.807) is 31.4 Å². The highest BCUT2D eigenvalue weighted by Crippen LogP contribution is 2.26. The maximum Gasteiger partial charge on any atom is 0.323 e. The molecule has 1 aliphatic rings. The number of hydrogen-bond acceptors (Lipinski definition) is 5. The number of rotatable bonds is 7. The van der Waals surface area contributed by atoms with Gasteiger partial charge in [0.25, 0.3) is 11.8 Å². The number of hydrogen-bond donors (Lipinski definition) is 2. The fourth-order valence-electron chi connectivity index (χ4n) is 3.07. The van der Waals surface area contributed by atoms with E-state index in [4.69, 9.17) is 4.74 Å². The van der Waals surface area contributed by atoms with Crippen molar-refractivity contribution in [1.82, 2.24) is 4.90 Å². The van der Waals surface area contributed by atoms with Crippen molar-refractivity contribution in [3.8, 4) is 0 Å². The maximum absolute atomic E-state index is 12.5. The number of urea groups is 1. The number of imide groups is 1. The first-order valence-electron chi connectivity index (χ1n) is 9.25. The van der Waals surface area contributed by atoms with Crippen LogP contribution in [-0.2, 0) is 4.74 Å². The Morgan fingerprint density at radius 1 is 0.966 bits per heavy atom. The van der Waals surface area contributed by atoms with Crippen molar-refractivity contribution in [2.24, 2.45) is 0 Å². The van der Waals surface area contributed by atoms with Crippen LogP contribution in [0.1, 0.15) is 27.1 Å². The second-order valence-electron chi connectivity index (χ2n) is 6.89. The first kappa shape index (κ1) is 20.3. The minimum Gasteiger partial charge on any atom is -0.385 e. The summed E-state index contributed by atoms with van der Waals surface area (Å²) in [6, 6.07) is 11.7. The van der Waals surface area contributed by atoms with Crippen LogP contribution in [-0.4, -0.2) is 57.1 Å². The summed E-state index contributed by atoms with van der Waals surface area (Å²) in [5.41, 5.74) is 2.74. The monoisotopic (exact) mass is 396 g/mol. The number of anilines is 3. The van der Waals surface area contributed by atoms with Crippen molar-refractivity contribution >= 4 is 34.9 Å². The predicted molar refractivity (Wildman–Crippen MR) is 112 cm³/mol. The highest BCUT2D eigenvalue weighted by Gasteiger charge is 2.35. The summed E-state index contributed by atoms with van der Waals surface area (Å²) in [6.45, 7) is 0.766. The summed E-state index contributed by atoms with van der Waals surface area (Å²) in [6.07, 6.45) is 0.572. The van der Waals surface area contributed by atoms with Crippen molar-refractivity contribution in [3.63, 3.8) is 0 Å². The van der Waals surface area contributed by atoms with Crippen molar-refractivity contribution in [1.29, 1.82) is 0 Å². The summed E-state index contributed by atoms with van der Waals surface area (Å²) in [4.78, 5) is 40.4. The molecular weight excluding hydrogens is 372 g/mol. The molecule has 0 aromatic heterocycles. The van der Waals surface area contributed by atoms with Crippen molar-refractivity contribution in [2.75, 3.05) is 49.9 Å². The lowest BCUT2D eigenvalue weighted by Crippen LogP contribution is -2.31. The molecular formula is C21H24N4O4. The molecule has 1 aliphatic heterocycles. The Morgan fingerprint density at radius 2 is 1.59 bits per heavy atom. The largest absolute Gasteiger partial charge is 0.385 e. The summed E-state index contributed by atoms with van der Waals surface area (Å²) in [5, 5.41) is 5.44. The maximum atomic E-state index is 12.5. The van der Waals surface area contributed by atoms with Crippen LogP contribution in [0.2, 0.25) is 0 Å². The molecule has 0 bridgehead atoms. The number of carbonyl (C=O) groups is 3. The number of methoxy groups -OCH3 is 1. The van der Waals surface area contributed by atoms with Gasteiger partial charge in [0.05, 0.1) is 11.1 Å². The molecule has 4 amide bonds. The minimum absolute atomic E-state index is 0.292. The van der Waals surface area contributed by atoms with Gasteiger partial charge < -0.3 is 20.3 Å². The van der Waals surface area contributed by atoms with Gasteiger partial charge in [-0.1, -0.05) is 0 Å². The Morgan fingerprint density at radius 3 is 2.24 bits per heavy atom. The molecule has 0 spiro atoms. The molecule has 8 nitrogen and oxygen atoms in total. The third kappa shape index (κ3) is 4.55. The number of nitrogens with zero attached hydrogens (tertiary/aromatic N) is 2. The molecule has 0 saturated carbocycles. The van der Waals surface area contributed by atoms with E-state index in [-0.39, 0.29) is 11.8 Å². The van der Waals surface area contributed by atoms with Gasteiger partial charge in [-0.15, -0.1) is 0 Å². The average molecular weight is 396 g/mol. The van der Waals surface area contributed by atoms with Crippen LogP contribution in [0.4, 0.5) is 21.9 Å². The number of benzene rings is 2. The van der Waals surface area contributed by atoms with Crippen LogP contribution in [0.25, 0.3) is 0 Å². The molecule has 0 unspecified atom stereocenters. The first-order chi connectivity index (χ1) is 13.9. The molecule has 0 radical (unpaired) electrons. The second kappa shape index (κ2) is 8.74. The topological polar surface area (TPSA) is 91.0 Å². The zero-order valence-electron chi connectivity index (χ0n) is 16.7. The molecule has 2 aromatic carbocycles. The fourth-order valence-corrected chi connectivity index (χ4v) is 3.07. The van der Waals surface area contributed by atoms with Crippen LogP contribution >= 0.6 is 0 Å². The van der Waals surface area contributed by atoms with E-state index in [1.807, 2.05) is 31.1 Å². The van der Waals surface area contributed by atoms with E-state index in [0.717, 1.165) is 5.69 Å². The molecule has 1 heterocycles. The van der Waals surface area contributed by atoms with Gasteiger partial charge in [-0.2, -0.15) is 0 Å². The summed E-state index contributed by atoms with van der Waals surface area (Å²) < 4.78 is 4.97. The third-order valence-corrected chi connectivity index (χ3v) is 4.60. The second-order valence-corrected chi connectivity index (χ2v) is 6.89. The SMILES string of the molecule is COCCCN1C(=O)c2ccc(NC(=O)Nc3ccc(N(C)C)cc3)cc2C1=O. The quantitative estimate of drug-likeness (QED) is 0.555. The van der Waals surface area contributed by atoms with Crippen LogP contribution < -0.4 is 15.5 Å². The van der Waals surface area contributed by atoms with Gasteiger partial charge in [0.2, 0.25) is 0 Å². The molecule has 0 aliphatic carbocycles. The van der Waals surface area contributed by atoms with Crippen LogP contribution in [0, 0.1) is 0 Å². The van der Waals surface area contributed by atoms with Gasteiger partial charge in [-0.05, 0) is 48.9 Å². The number of carbonyl (C=O) groups excluding carboxylic acids is 3. The summed E-state index contributed by atoms with van der Waals surface area (Å²) in [5.74, 6) is -0.678. The lowest BCUT2D eigenvalue weighted by molar-refractivity contribution is 0.0638. The fraction of sp³-hybridized carbons (Fsp3) is 0.286. The lowest BCUT2D eigenvalue weighted by Gasteiger charge is -2.13. The van der Waals surface area contributed by atoms with E-state index in [1.165, 1.54) is 11.0 Å². The Balaban J connectivity index is 1.65. The van der Waals surface area contributed by atoms with Crippen LogP contribution in [0.15, 0.2) is 42.5 Å². The molecule has 0 atom stereocenters. The van der Waals surface area contributed by atoms with Gasteiger partial charge in [0, 0.05) is 51.4 Å². The molecule has 0 saturated heterocycles. The molecule has 2 aromatic rings. The van der Waals surface area contributed by atoms with Crippen molar-refractivity contribution < 1.29 is 19.1 Å². The first-order valence-corrected chi connectivity index (χ1v) is 9.25. The highest BCUT2D eigenvalue weighted by molar-refractivity contribution is 6.22. The van der Waals surface area contributed by atoms with Gasteiger partial charge in [-0.3, -0.25) is 14.5 Å². The van der Waals surface area contributed by atoms with Crippen LogP contribution in [0.3, 0.4) is 0 Å². The van der Waals surface area contributed by atoms with E-state index in [0.29, 0.717) is 42.1 Å². The Hall–Kier alpha value is -3.39. The number of ether oxygens (including phenoxy) is 1. The Labute approximate surface area is 169 Å². The Bertz CT molecular complexity index is 925. The van der Waals surface area contributed by atoms with Crippen molar-refractivity contribution in [2.45, 2.75) is 6.42 Å². The van der Waals surface area contributed by atoms with E-state index in [2.05, 4.69) is 10.6 Å². The summed E-state index contributed by atoms with van der Waals surface area (Å²) in [7, 11) is 5.45. The zero-order chi connectivity index (χ0) is 21.0. The molecule has 8 heteroatoms. The van der Waals surface area contributed by atoms with Gasteiger partial charge in [-0.25, -0.2) is 4.79 Å². The van der Waals surface area contributed by atoms with Gasteiger partial charge in [0.1, 0.15) is 0 Å². The minimum atomic E-state index is -0.434. The third-order valence-electron chi connectivity index (χ3n) is 4.60. The number of amides is 4. The van der Waals surface area contributed by atoms with Crippen LogP contribution in [0.5, 0.6) is 0 Å². The Kier molecular flexibility index (Phi) is 6.13. The van der Waals surface area contributed by atoms with E-state index >= 15 is 0 Å². The normalized spacial score (nSPS) is 12.7. The number of nitrogens with one attached hydrogen (secondary N) is 2. The molecule has 2 N–H and O–H groups in total. The molecule has 152 valence electrons.